The molecule has 4 rings (SSSR count). The van der Waals surface area contributed by atoms with Gasteiger partial charge in [-0.1, -0.05) is 0 Å². The van der Waals surface area contributed by atoms with Gasteiger partial charge in [-0.15, -0.1) is 0 Å². The maximum Gasteiger partial charge on any atom is 0.409 e. The molecule has 1 aliphatic heterocycles. The molecule has 1 saturated carbocycles. The van der Waals surface area contributed by atoms with Crippen LogP contribution in [0.15, 0.2) is 22.6 Å². The Morgan fingerprint density at radius 2 is 2.03 bits per heavy atom. The molecule has 1 aromatic heterocycles. The second-order valence-corrected chi connectivity index (χ2v) is 9.34. The Morgan fingerprint density at radius 3 is 2.70 bits per heavy atom. The van der Waals surface area contributed by atoms with Crippen LogP contribution in [0.25, 0.3) is 11.5 Å². The van der Waals surface area contributed by atoms with E-state index in [1.165, 1.54) is 25.3 Å². The molecular formula is C25H32F2N4O6. The first-order valence-corrected chi connectivity index (χ1v) is 12.4. The topological polar surface area (TPSA) is 129 Å². The molecule has 3 N–H and O–H groups in total. The van der Waals surface area contributed by atoms with Crippen LogP contribution >= 0.6 is 0 Å². The van der Waals surface area contributed by atoms with Gasteiger partial charge in [-0.2, -0.15) is 8.78 Å². The highest BCUT2D eigenvalue weighted by Crippen LogP contribution is 2.37. The molecule has 12 heteroatoms. The van der Waals surface area contributed by atoms with E-state index in [-0.39, 0.29) is 41.4 Å². The Kier molecular flexibility index (Phi) is 8.47. The number of amides is 2. The molecule has 1 aliphatic carbocycles. The van der Waals surface area contributed by atoms with Gasteiger partial charge in [-0.25, -0.2) is 9.78 Å². The number of aromatic nitrogens is 1. The number of hydrogen-bond acceptors (Lipinski definition) is 8. The molecule has 37 heavy (non-hydrogen) atoms. The molecule has 2 fully saturated rings. The van der Waals surface area contributed by atoms with Gasteiger partial charge in [-0.3, -0.25) is 4.79 Å². The molecule has 2 aliphatic rings. The molecule has 2 amide bonds. The molecule has 0 bridgehead atoms. The standard InChI is InChI=1S/C25H32F2N4O6/c1-14(28)21-20(22(32)29-12-17-5-3-4-10-31(17)25(33)34-2)30-23(37-21)16-8-9-18(36-24(26)27)19(11-16)35-13-15-6-7-15/h8-9,11,14-15,17,24H,3-7,10,12-13,28H2,1-2H3,(H,29,32)/t14-,17+/m0/s1. The number of benzene rings is 1. The van der Waals surface area contributed by atoms with Crippen LogP contribution in [0.3, 0.4) is 0 Å². The third kappa shape index (κ3) is 6.68. The molecule has 0 unspecified atom stereocenters. The predicted molar refractivity (Wildman–Crippen MR) is 128 cm³/mol. The van der Waals surface area contributed by atoms with E-state index in [1.54, 1.807) is 11.8 Å². The van der Waals surface area contributed by atoms with Crippen molar-refractivity contribution in [1.29, 1.82) is 0 Å². The monoisotopic (exact) mass is 522 g/mol. The summed E-state index contributed by atoms with van der Waals surface area (Å²) in [5.74, 6) is 0.195. The van der Waals surface area contributed by atoms with E-state index in [0.717, 1.165) is 32.1 Å². The first kappa shape index (κ1) is 26.6. The lowest BCUT2D eigenvalue weighted by atomic mass is 10.0. The van der Waals surface area contributed by atoms with Gasteiger partial charge in [0.2, 0.25) is 5.89 Å². The number of likely N-dealkylation sites (tertiary alicyclic amines) is 1. The van der Waals surface area contributed by atoms with Gasteiger partial charge in [-0.05, 0) is 63.1 Å². The van der Waals surface area contributed by atoms with Crippen LogP contribution in [-0.2, 0) is 4.74 Å². The van der Waals surface area contributed by atoms with Crippen LogP contribution in [0.4, 0.5) is 13.6 Å². The van der Waals surface area contributed by atoms with E-state index in [0.29, 0.717) is 24.6 Å². The van der Waals surface area contributed by atoms with E-state index < -0.39 is 24.7 Å². The van der Waals surface area contributed by atoms with Crippen molar-refractivity contribution in [3.63, 3.8) is 0 Å². The summed E-state index contributed by atoms with van der Waals surface area (Å²) in [6.07, 6.45) is 4.16. The average molecular weight is 523 g/mol. The number of nitrogens with zero attached hydrogens (tertiary/aromatic N) is 2. The summed E-state index contributed by atoms with van der Waals surface area (Å²) in [5.41, 5.74) is 6.48. The third-order valence-corrected chi connectivity index (χ3v) is 6.39. The fraction of sp³-hybridized carbons (Fsp3) is 0.560. The Balaban J connectivity index is 1.53. The van der Waals surface area contributed by atoms with Crippen molar-refractivity contribution in [2.45, 2.75) is 57.7 Å². The zero-order valence-corrected chi connectivity index (χ0v) is 20.9. The predicted octanol–water partition coefficient (Wildman–Crippen LogP) is 4.10. The van der Waals surface area contributed by atoms with E-state index >= 15 is 0 Å². The van der Waals surface area contributed by atoms with Crippen molar-refractivity contribution in [1.82, 2.24) is 15.2 Å². The number of piperidine rings is 1. The van der Waals surface area contributed by atoms with Crippen molar-refractivity contribution >= 4 is 12.0 Å². The fourth-order valence-corrected chi connectivity index (χ4v) is 4.23. The minimum absolute atomic E-state index is 0.0128. The van der Waals surface area contributed by atoms with Gasteiger partial charge in [0.05, 0.1) is 25.8 Å². The van der Waals surface area contributed by atoms with Crippen molar-refractivity contribution in [2.24, 2.45) is 11.7 Å². The highest BCUT2D eigenvalue weighted by Gasteiger charge is 2.30. The maximum atomic E-state index is 13.1. The molecule has 0 radical (unpaired) electrons. The van der Waals surface area contributed by atoms with Gasteiger partial charge < -0.3 is 34.6 Å². The van der Waals surface area contributed by atoms with Crippen molar-refractivity contribution in [2.75, 3.05) is 26.8 Å². The van der Waals surface area contributed by atoms with Crippen molar-refractivity contribution in [3.8, 4) is 23.0 Å². The average Bonchev–Trinajstić information content (AvgIpc) is 3.60. The molecule has 2 atom stereocenters. The number of hydrogen-bond donors (Lipinski definition) is 2. The lowest BCUT2D eigenvalue weighted by Crippen LogP contribution is -2.49. The van der Waals surface area contributed by atoms with E-state index in [4.69, 9.17) is 19.6 Å². The molecule has 0 spiro atoms. The Morgan fingerprint density at radius 1 is 1.24 bits per heavy atom. The van der Waals surface area contributed by atoms with Crippen LogP contribution in [0.2, 0.25) is 0 Å². The summed E-state index contributed by atoms with van der Waals surface area (Å²) >= 11 is 0. The molecule has 1 aromatic carbocycles. The normalized spacial score (nSPS) is 18.4. The third-order valence-electron chi connectivity index (χ3n) is 6.39. The Bertz CT molecular complexity index is 1100. The number of nitrogens with one attached hydrogen (secondary N) is 1. The zero-order chi connectivity index (χ0) is 26.5. The fourth-order valence-electron chi connectivity index (χ4n) is 4.23. The first-order valence-electron chi connectivity index (χ1n) is 12.4. The summed E-state index contributed by atoms with van der Waals surface area (Å²) in [4.78, 5) is 31.1. The first-order chi connectivity index (χ1) is 17.8. The number of carbonyl (C=O) groups excluding carboxylic acids is 2. The minimum Gasteiger partial charge on any atom is -0.489 e. The summed E-state index contributed by atoms with van der Waals surface area (Å²) in [7, 11) is 1.33. The van der Waals surface area contributed by atoms with Gasteiger partial charge in [0.1, 0.15) is 0 Å². The SMILES string of the molecule is COC(=O)N1CCCC[C@@H]1CNC(=O)c1nc(-c2ccc(OC(F)F)c(OCC3CC3)c2)oc1[C@H](C)N. The quantitative estimate of drug-likeness (QED) is 0.477. The second kappa shape index (κ2) is 11.8. The second-order valence-electron chi connectivity index (χ2n) is 9.34. The van der Waals surface area contributed by atoms with E-state index in [1.807, 2.05) is 0 Å². The number of oxazole rings is 1. The summed E-state index contributed by atoms with van der Waals surface area (Å²) in [6, 6.07) is 3.49. The summed E-state index contributed by atoms with van der Waals surface area (Å²) in [6.45, 7) is -0.187. The number of ether oxygens (including phenoxy) is 3. The molecule has 202 valence electrons. The van der Waals surface area contributed by atoms with Gasteiger partial charge in [0.15, 0.2) is 23.0 Å². The summed E-state index contributed by atoms with van der Waals surface area (Å²) < 4.78 is 46.7. The molecule has 2 heterocycles. The van der Waals surface area contributed by atoms with Gasteiger partial charge in [0, 0.05) is 18.7 Å². The highest BCUT2D eigenvalue weighted by atomic mass is 19.3. The lowest BCUT2D eigenvalue weighted by molar-refractivity contribution is -0.0515. The largest absolute Gasteiger partial charge is 0.489 e. The molecular weight excluding hydrogens is 490 g/mol. The van der Waals surface area contributed by atoms with Crippen LogP contribution in [0.5, 0.6) is 11.5 Å². The van der Waals surface area contributed by atoms with Crippen LogP contribution in [0, 0.1) is 5.92 Å². The zero-order valence-electron chi connectivity index (χ0n) is 20.9. The van der Waals surface area contributed by atoms with Crippen molar-refractivity contribution in [3.05, 3.63) is 29.7 Å². The van der Waals surface area contributed by atoms with E-state index in [2.05, 4.69) is 15.0 Å². The highest BCUT2D eigenvalue weighted by molar-refractivity contribution is 5.94. The number of rotatable bonds is 10. The van der Waals surface area contributed by atoms with Crippen molar-refractivity contribution < 1.29 is 37.0 Å². The van der Waals surface area contributed by atoms with E-state index in [9.17, 15) is 18.4 Å². The van der Waals surface area contributed by atoms with Crippen LogP contribution < -0.4 is 20.5 Å². The Hall–Kier alpha value is -3.41. The number of halogens is 2. The van der Waals surface area contributed by atoms with Gasteiger partial charge in [0.25, 0.3) is 5.91 Å². The lowest BCUT2D eigenvalue weighted by Gasteiger charge is -2.34. The molecule has 1 saturated heterocycles. The Labute approximate surface area is 213 Å². The van der Waals surface area contributed by atoms with Gasteiger partial charge >= 0.3 is 12.7 Å². The molecule has 10 nitrogen and oxygen atoms in total. The minimum atomic E-state index is -3.00. The molecule has 2 aromatic rings. The number of nitrogens with two attached hydrogens (primary N) is 1. The van der Waals surface area contributed by atoms with Crippen LogP contribution in [0.1, 0.15) is 61.3 Å². The number of alkyl halides is 2. The smallest absolute Gasteiger partial charge is 0.409 e. The maximum absolute atomic E-state index is 13.1. The summed E-state index contributed by atoms with van der Waals surface area (Å²) in [5, 5.41) is 2.83. The number of carbonyl (C=O) groups is 2. The number of methoxy groups -OCH3 is 1. The van der Waals surface area contributed by atoms with Crippen LogP contribution in [-0.4, -0.2) is 61.3 Å².